The summed E-state index contributed by atoms with van der Waals surface area (Å²) in [7, 11) is 0. The van der Waals surface area contributed by atoms with Crippen LogP contribution in [0.5, 0.6) is 0 Å². The van der Waals surface area contributed by atoms with E-state index >= 15 is 0 Å². The molecule has 2 heteroatoms. The van der Waals surface area contributed by atoms with Gasteiger partial charge in [0.1, 0.15) is 0 Å². The highest BCUT2D eigenvalue weighted by molar-refractivity contribution is 14.1. The van der Waals surface area contributed by atoms with Crippen molar-refractivity contribution in [3.8, 4) is 0 Å². The lowest BCUT2D eigenvalue weighted by Crippen LogP contribution is -2.34. The van der Waals surface area contributed by atoms with Crippen molar-refractivity contribution in [2.24, 2.45) is 0 Å². The highest BCUT2D eigenvalue weighted by atomic mass is 127. The van der Waals surface area contributed by atoms with Gasteiger partial charge in [0.25, 0.3) is 4.57 Å². The van der Waals surface area contributed by atoms with Crippen LogP contribution in [0.1, 0.15) is 64.5 Å². The summed E-state index contributed by atoms with van der Waals surface area (Å²) in [6, 6.07) is 6.83. The first kappa shape index (κ1) is 15.1. The third kappa shape index (κ3) is 3.49. The minimum absolute atomic E-state index is 0.611. The molecule has 0 nitrogen and oxygen atoms in total. The molecular formula is C15H24BI. The molecule has 0 N–H and O–H groups in total. The molecule has 0 saturated carbocycles. The Morgan fingerprint density at radius 3 is 1.59 bits per heavy atom. The second kappa shape index (κ2) is 6.26. The molecule has 0 amide bonds. The van der Waals surface area contributed by atoms with Crippen LogP contribution in [0.4, 0.5) is 0 Å². The van der Waals surface area contributed by atoms with Gasteiger partial charge in [-0.05, 0) is 23.0 Å². The molecule has 0 aliphatic carbocycles. The van der Waals surface area contributed by atoms with Gasteiger partial charge in [0.2, 0.25) is 0 Å². The zero-order chi connectivity index (χ0) is 13.2. The molecule has 0 aliphatic rings. The lowest BCUT2D eigenvalue weighted by molar-refractivity contribution is 0.844. The highest BCUT2D eigenvalue weighted by Gasteiger charge is 2.25. The van der Waals surface area contributed by atoms with Crippen molar-refractivity contribution >= 4 is 32.4 Å². The molecule has 1 rings (SSSR count). The fourth-order valence-corrected chi connectivity index (χ4v) is 2.98. The van der Waals surface area contributed by atoms with Crippen LogP contribution >= 0.6 is 22.4 Å². The van der Waals surface area contributed by atoms with Crippen molar-refractivity contribution in [3.63, 3.8) is 0 Å². The van der Waals surface area contributed by atoms with Crippen molar-refractivity contribution in [2.45, 2.75) is 59.2 Å². The summed E-state index contributed by atoms with van der Waals surface area (Å²) in [6.07, 6.45) is 0. The van der Waals surface area contributed by atoms with E-state index in [2.05, 4.69) is 82.1 Å². The number of rotatable bonds is 4. The zero-order valence-corrected chi connectivity index (χ0v) is 14.1. The van der Waals surface area contributed by atoms with Gasteiger partial charge in [0.15, 0.2) is 0 Å². The van der Waals surface area contributed by atoms with Gasteiger partial charge in [-0.3, -0.25) is 0 Å². The van der Waals surface area contributed by atoms with Crippen LogP contribution in [0.25, 0.3) is 0 Å². The Balaban J connectivity index is 3.38. The van der Waals surface area contributed by atoms with Gasteiger partial charge in [-0.1, -0.05) is 71.0 Å². The predicted molar refractivity (Wildman–Crippen MR) is 89.1 cm³/mol. The molecule has 17 heavy (non-hydrogen) atoms. The SMILES string of the molecule is CC(C)B(I)c1c(C(C)C)cccc1C(C)C. The van der Waals surface area contributed by atoms with Crippen molar-refractivity contribution in [1.82, 2.24) is 0 Å². The lowest BCUT2D eigenvalue weighted by atomic mass is 9.56. The third-order valence-electron chi connectivity index (χ3n) is 3.28. The van der Waals surface area contributed by atoms with Crippen molar-refractivity contribution in [3.05, 3.63) is 29.3 Å². The van der Waals surface area contributed by atoms with E-state index in [9.17, 15) is 0 Å². The summed E-state index contributed by atoms with van der Waals surface area (Å²) >= 11 is 2.62. The summed E-state index contributed by atoms with van der Waals surface area (Å²) in [4.78, 5) is 0. The molecule has 0 fully saturated rings. The largest absolute Gasteiger partial charge is 0.253 e. The van der Waals surface area contributed by atoms with Gasteiger partial charge in [0.05, 0.1) is 0 Å². The molecule has 0 unspecified atom stereocenters. The van der Waals surface area contributed by atoms with Crippen LogP contribution < -0.4 is 5.46 Å². The fourth-order valence-electron chi connectivity index (χ4n) is 2.26. The minimum Gasteiger partial charge on any atom is -0.143 e. The standard InChI is InChI=1S/C15H24BI/c1-10(2)13-8-7-9-14(11(3)4)15(13)16(17)12(5)6/h7-12H,1-6H3. The summed E-state index contributed by atoms with van der Waals surface area (Å²) in [5, 5.41) is 0. The van der Waals surface area contributed by atoms with Gasteiger partial charge in [-0.15, -0.1) is 22.4 Å². The highest BCUT2D eigenvalue weighted by Crippen LogP contribution is 2.25. The van der Waals surface area contributed by atoms with E-state index in [1.807, 2.05) is 0 Å². The Morgan fingerprint density at radius 2 is 1.29 bits per heavy atom. The normalized spacial score (nSPS) is 11.6. The molecule has 0 bridgehead atoms. The van der Waals surface area contributed by atoms with E-state index in [0.717, 1.165) is 0 Å². The van der Waals surface area contributed by atoms with Crippen molar-refractivity contribution < 1.29 is 0 Å². The Labute approximate surface area is 121 Å². The maximum Gasteiger partial charge on any atom is 0.253 e. The van der Waals surface area contributed by atoms with Gasteiger partial charge in [0, 0.05) is 0 Å². The number of benzene rings is 1. The Kier molecular flexibility index (Phi) is 5.55. The monoisotopic (exact) mass is 342 g/mol. The van der Waals surface area contributed by atoms with Gasteiger partial charge in [-0.2, -0.15) is 0 Å². The van der Waals surface area contributed by atoms with Crippen LogP contribution in [-0.2, 0) is 0 Å². The Morgan fingerprint density at radius 1 is 0.882 bits per heavy atom. The molecule has 0 aliphatic heterocycles. The molecule has 0 radical (unpaired) electrons. The Hall–Kier alpha value is 0.0149. The average molecular weight is 342 g/mol. The Bertz CT molecular complexity index is 343. The second-order valence-electron chi connectivity index (χ2n) is 5.81. The van der Waals surface area contributed by atoms with E-state index < -0.39 is 0 Å². The molecule has 0 saturated heterocycles. The summed E-state index contributed by atoms with van der Waals surface area (Å²) in [5.74, 6) is 1.91. The van der Waals surface area contributed by atoms with Crippen LogP contribution in [0.15, 0.2) is 18.2 Å². The number of hydrogen-bond acceptors (Lipinski definition) is 0. The molecule has 1 aromatic carbocycles. The van der Waals surface area contributed by atoms with E-state index in [1.54, 1.807) is 5.46 Å². The topological polar surface area (TPSA) is 0 Å². The third-order valence-corrected chi connectivity index (χ3v) is 5.34. The van der Waals surface area contributed by atoms with Crippen LogP contribution in [0, 0.1) is 0 Å². The second-order valence-corrected chi connectivity index (χ2v) is 7.15. The molecular weight excluding hydrogens is 318 g/mol. The zero-order valence-electron chi connectivity index (χ0n) is 11.9. The predicted octanol–water partition coefficient (Wildman–Crippen LogP) is 4.98. The van der Waals surface area contributed by atoms with E-state index in [1.165, 1.54) is 11.1 Å². The first-order valence-electron chi connectivity index (χ1n) is 6.63. The fraction of sp³-hybridized carbons (Fsp3) is 0.600. The van der Waals surface area contributed by atoms with Crippen LogP contribution in [0.3, 0.4) is 0 Å². The van der Waals surface area contributed by atoms with Crippen molar-refractivity contribution in [2.75, 3.05) is 0 Å². The summed E-state index contributed by atoms with van der Waals surface area (Å²) < 4.78 is 0.614. The van der Waals surface area contributed by atoms with Gasteiger partial charge >= 0.3 is 0 Å². The minimum atomic E-state index is 0.611. The summed E-state index contributed by atoms with van der Waals surface area (Å²) in [5.41, 5.74) is 4.65. The first-order valence-corrected chi connectivity index (χ1v) is 7.87. The molecule has 1 aromatic rings. The lowest BCUT2D eigenvalue weighted by Gasteiger charge is -2.23. The first-order chi connectivity index (χ1) is 7.86. The van der Waals surface area contributed by atoms with Crippen LogP contribution in [-0.4, -0.2) is 4.57 Å². The van der Waals surface area contributed by atoms with Gasteiger partial charge < -0.3 is 0 Å². The maximum atomic E-state index is 2.62. The molecule has 94 valence electrons. The van der Waals surface area contributed by atoms with Crippen LogP contribution in [0.2, 0.25) is 5.82 Å². The smallest absolute Gasteiger partial charge is 0.143 e. The summed E-state index contributed by atoms with van der Waals surface area (Å²) in [6.45, 7) is 13.8. The van der Waals surface area contributed by atoms with Gasteiger partial charge in [-0.25, -0.2) is 0 Å². The number of halogens is 1. The molecule has 0 atom stereocenters. The van der Waals surface area contributed by atoms with E-state index in [4.69, 9.17) is 0 Å². The molecule has 0 heterocycles. The van der Waals surface area contributed by atoms with E-state index in [-0.39, 0.29) is 0 Å². The number of hydrogen-bond donors (Lipinski definition) is 0. The average Bonchev–Trinajstić information content (AvgIpc) is 2.26. The molecule has 0 spiro atoms. The quantitative estimate of drug-likeness (QED) is 0.535. The van der Waals surface area contributed by atoms with Crippen molar-refractivity contribution in [1.29, 1.82) is 0 Å². The maximum absolute atomic E-state index is 2.62. The van der Waals surface area contributed by atoms with E-state index in [0.29, 0.717) is 22.2 Å². The molecule has 0 aromatic heterocycles.